The highest BCUT2D eigenvalue weighted by molar-refractivity contribution is 5.96. The zero-order chi connectivity index (χ0) is 9.90. The van der Waals surface area contributed by atoms with E-state index in [0.717, 1.165) is 11.4 Å². The van der Waals surface area contributed by atoms with E-state index in [0.29, 0.717) is 0 Å². The molecule has 0 aliphatic carbocycles. The Morgan fingerprint density at radius 1 is 1.54 bits per heavy atom. The number of aromatic nitrogens is 2. The molecule has 0 aromatic carbocycles. The Bertz CT molecular complexity index is 279. The largest absolute Gasteiger partial charge is 0.304 e. The van der Waals surface area contributed by atoms with E-state index >= 15 is 0 Å². The first-order valence-corrected chi connectivity index (χ1v) is 4.30. The van der Waals surface area contributed by atoms with Gasteiger partial charge in [0.15, 0.2) is 0 Å². The van der Waals surface area contributed by atoms with Crippen LogP contribution < -0.4 is 5.43 Å². The lowest BCUT2D eigenvalue weighted by molar-refractivity contribution is 0.441. The standard InChI is InChI=1S/C9H16N4/c1-7(8-5-6-10-12-8)11-13-9(2,3)4/h5-6,13H,1-4H3,(H,10,12)/b11-7+. The Balaban J connectivity index is 2.63. The summed E-state index contributed by atoms with van der Waals surface area (Å²) >= 11 is 0. The van der Waals surface area contributed by atoms with Gasteiger partial charge in [-0.25, -0.2) is 0 Å². The molecule has 0 aliphatic rings. The molecule has 0 fully saturated rings. The van der Waals surface area contributed by atoms with Gasteiger partial charge in [-0.1, -0.05) is 0 Å². The molecule has 13 heavy (non-hydrogen) atoms. The molecule has 0 amide bonds. The molecule has 0 bridgehead atoms. The Hall–Kier alpha value is -1.32. The van der Waals surface area contributed by atoms with Gasteiger partial charge in [0.2, 0.25) is 0 Å². The summed E-state index contributed by atoms with van der Waals surface area (Å²) in [5, 5.41) is 10.9. The van der Waals surface area contributed by atoms with Crippen molar-refractivity contribution in [2.45, 2.75) is 33.2 Å². The van der Waals surface area contributed by atoms with E-state index in [9.17, 15) is 0 Å². The fourth-order valence-corrected chi connectivity index (χ4v) is 0.769. The van der Waals surface area contributed by atoms with Gasteiger partial charge < -0.3 is 5.43 Å². The summed E-state index contributed by atoms with van der Waals surface area (Å²) in [6, 6.07) is 1.89. The minimum absolute atomic E-state index is 0.00127. The summed E-state index contributed by atoms with van der Waals surface area (Å²) in [5.74, 6) is 0. The lowest BCUT2D eigenvalue weighted by atomic mass is 10.1. The highest BCUT2D eigenvalue weighted by Crippen LogP contribution is 2.00. The monoisotopic (exact) mass is 180 g/mol. The van der Waals surface area contributed by atoms with Crippen molar-refractivity contribution in [2.75, 3.05) is 0 Å². The van der Waals surface area contributed by atoms with Crippen LogP contribution in [0.3, 0.4) is 0 Å². The van der Waals surface area contributed by atoms with Gasteiger partial charge in [0.05, 0.1) is 11.4 Å². The maximum Gasteiger partial charge on any atom is 0.0822 e. The fraction of sp³-hybridized carbons (Fsp3) is 0.556. The molecule has 72 valence electrons. The molecule has 0 unspecified atom stereocenters. The Morgan fingerprint density at radius 3 is 2.69 bits per heavy atom. The normalized spacial score (nSPS) is 13.1. The summed E-state index contributed by atoms with van der Waals surface area (Å²) in [5.41, 5.74) is 4.90. The third kappa shape index (κ3) is 3.27. The number of hydrogen-bond acceptors (Lipinski definition) is 3. The van der Waals surface area contributed by atoms with E-state index in [1.165, 1.54) is 0 Å². The van der Waals surface area contributed by atoms with Crippen molar-refractivity contribution in [3.8, 4) is 0 Å². The summed E-state index contributed by atoms with van der Waals surface area (Å²) in [6.45, 7) is 8.14. The molecule has 4 heteroatoms. The predicted octanol–water partition coefficient (Wildman–Crippen LogP) is 1.52. The van der Waals surface area contributed by atoms with Crippen LogP contribution in [-0.4, -0.2) is 21.4 Å². The third-order valence-electron chi connectivity index (χ3n) is 1.45. The number of hydrazone groups is 1. The van der Waals surface area contributed by atoms with Crippen molar-refractivity contribution in [1.29, 1.82) is 0 Å². The van der Waals surface area contributed by atoms with Crippen molar-refractivity contribution >= 4 is 5.71 Å². The zero-order valence-electron chi connectivity index (χ0n) is 8.55. The van der Waals surface area contributed by atoms with Crippen LogP contribution in [0.2, 0.25) is 0 Å². The zero-order valence-corrected chi connectivity index (χ0v) is 8.55. The second-order valence-electron chi connectivity index (χ2n) is 4.03. The van der Waals surface area contributed by atoms with E-state index in [1.54, 1.807) is 6.20 Å². The fourth-order valence-electron chi connectivity index (χ4n) is 0.769. The average molecular weight is 180 g/mol. The second-order valence-corrected chi connectivity index (χ2v) is 4.03. The van der Waals surface area contributed by atoms with Gasteiger partial charge in [0.1, 0.15) is 0 Å². The van der Waals surface area contributed by atoms with Crippen molar-refractivity contribution in [2.24, 2.45) is 5.10 Å². The summed E-state index contributed by atoms with van der Waals surface area (Å²) in [4.78, 5) is 0. The summed E-state index contributed by atoms with van der Waals surface area (Å²) < 4.78 is 0. The van der Waals surface area contributed by atoms with Crippen molar-refractivity contribution in [3.63, 3.8) is 0 Å². The summed E-state index contributed by atoms with van der Waals surface area (Å²) in [7, 11) is 0. The molecular weight excluding hydrogens is 164 g/mol. The van der Waals surface area contributed by atoms with Crippen LogP contribution in [0.15, 0.2) is 17.4 Å². The van der Waals surface area contributed by atoms with Gasteiger partial charge in [0.25, 0.3) is 0 Å². The minimum atomic E-state index is 0.00127. The number of nitrogens with zero attached hydrogens (tertiary/aromatic N) is 2. The number of nitrogens with one attached hydrogen (secondary N) is 2. The number of hydrogen-bond donors (Lipinski definition) is 2. The maximum absolute atomic E-state index is 4.23. The Morgan fingerprint density at radius 2 is 2.23 bits per heavy atom. The molecule has 0 aliphatic heterocycles. The minimum Gasteiger partial charge on any atom is -0.304 e. The van der Waals surface area contributed by atoms with E-state index in [2.05, 4.69) is 41.5 Å². The first-order chi connectivity index (χ1) is 5.99. The average Bonchev–Trinajstić information content (AvgIpc) is 2.50. The van der Waals surface area contributed by atoms with Crippen LogP contribution in [0.4, 0.5) is 0 Å². The Labute approximate surface area is 78.4 Å². The molecule has 0 spiro atoms. The molecule has 0 saturated carbocycles. The molecule has 0 radical (unpaired) electrons. The van der Waals surface area contributed by atoms with E-state index < -0.39 is 0 Å². The van der Waals surface area contributed by atoms with Crippen LogP contribution in [0.25, 0.3) is 0 Å². The van der Waals surface area contributed by atoms with Crippen LogP contribution >= 0.6 is 0 Å². The number of rotatable bonds is 2. The molecular formula is C9H16N4. The van der Waals surface area contributed by atoms with Gasteiger partial charge >= 0.3 is 0 Å². The van der Waals surface area contributed by atoms with E-state index in [1.807, 2.05) is 13.0 Å². The lowest BCUT2D eigenvalue weighted by Gasteiger charge is -2.17. The van der Waals surface area contributed by atoms with Gasteiger partial charge in [-0.15, -0.1) is 0 Å². The highest BCUT2D eigenvalue weighted by Gasteiger charge is 2.07. The molecule has 1 heterocycles. The molecule has 1 aromatic heterocycles. The SMILES string of the molecule is C/C(=N\NC(C)(C)C)c1ccn[nH]1. The van der Waals surface area contributed by atoms with Gasteiger partial charge in [-0.3, -0.25) is 5.10 Å². The first-order valence-electron chi connectivity index (χ1n) is 4.30. The molecule has 4 nitrogen and oxygen atoms in total. The second kappa shape index (κ2) is 3.60. The highest BCUT2D eigenvalue weighted by atomic mass is 15.3. The number of aromatic amines is 1. The van der Waals surface area contributed by atoms with Crippen molar-refractivity contribution in [1.82, 2.24) is 15.6 Å². The van der Waals surface area contributed by atoms with Gasteiger partial charge in [-0.2, -0.15) is 10.2 Å². The van der Waals surface area contributed by atoms with Crippen LogP contribution in [0, 0.1) is 0 Å². The molecule has 1 rings (SSSR count). The maximum atomic E-state index is 4.23. The topological polar surface area (TPSA) is 53.1 Å². The van der Waals surface area contributed by atoms with Crippen LogP contribution in [0.1, 0.15) is 33.4 Å². The quantitative estimate of drug-likeness (QED) is 0.535. The third-order valence-corrected chi connectivity index (χ3v) is 1.45. The van der Waals surface area contributed by atoms with Crippen molar-refractivity contribution in [3.05, 3.63) is 18.0 Å². The van der Waals surface area contributed by atoms with Crippen LogP contribution in [0.5, 0.6) is 0 Å². The van der Waals surface area contributed by atoms with Gasteiger partial charge in [-0.05, 0) is 33.8 Å². The van der Waals surface area contributed by atoms with Crippen molar-refractivity contribution < 1.29 is 0 Å². The van der Waals surface area contributed by atoms with E-state index in [-0.39, 0.29) is 5.54 Å². The predicted molar refractivity (Wildman–Crippen MR) is 53.7 cm³/mol. The lowest BCUT2D eigenvalue weighted by Crippen LogP contribution is -2.32. The number of H-pyrrole nitrogens is 1. The summed E-state index contributed by atoms with van der Waals surface area (Å²) in [6.07, 6.45) is 1.71. The molecule has 0 saturated heterocycles. The first kappa shape index (κ1) is 9.77. The van der Waals surface area contributed by atoms with Gasteiger partial charge in [0, 0.05) is 11.7 Å². The molecule has 1 aromatic rings. The Kier molecular flexibility index (Phi) is 2.70. The van der Waals surface area contributed by atoms with Crippen LogP contribution in [-0.2, 0) is 0 Å². The molecule has 0 atom stereocenters. The smallest absolute Gasteiger partial charge is 0.0822 e. The molecule has 2 N–H and O–H groups in total. The van der Waals surface area contributed by atoms with E-state index in [4.69, 9.17) is 0 Å².